The Morgan fingerprint density at radius 3 is 3.20 bits per heavy atom. The molecule has 0 aromatic carbocycles. The van der Waals surface area contributed by atoms with Crippen molar-refractivity contribution in [1.29, 1.82) is 0 Å². The van der Waals surface area contributed by atoms with Crippen LogP contribution in [0.1, 0.15) is 18.2 Å². The second kappa shape index (κ2) is 4.29. The minimum Gasteiger partial charge on any atom is -0.148 e. The quantitative estimate of drug-likeness (QED) is 0.582. The number of thiophene rings is 1. The number of aryl methyl sites for hydroxylation is 1. The molecule has 53 valence electrons. The fourth-order valence-corrected chi connectivity index (χ4v) is 1.45. The minimum absolute atomic E-state index is 1.16. The van der Waals surface area contributed by atoms with Gasteiger partial charge in [-0.15, -0.1) is 11.3 Å². The van der Waals surface area contributed by atoms with Gasteiger partial charge in [-0.05, 0) is 37.3 Å². The highest BCUT2D eigenvalue weighted by molar-refractivity contribution is 7.09. The second-order valence-corrected chi connectivity index (χ2v) is 3.12. The summed E-state index contributed by atoms with van der Waals surface area (Å²) >= 11 is 1.78. The van der Waals surface area contributed by atoms with E-state index in [0.717, 1.165) is 6.42 Å². The molecule has 0 N–H and O–H groups in total. The lowest BCUT2D eigenvalue weighted by molar-refractivity contribution is 1.02. The summed E-state index contributed by atoms with van der Waals surface area (Å²) in [5.41, 5.74) is 0. The topological polar surface area (TPSA) is 0 Å². The second-order valence-electron chi connectivity index (χ2n) is 2.12. The summed E-state index contributed by atoms with van der Waals surface area (Å²) in [6.07, 6.45) is 6.61. The Bertz CT molecular complexity index is 185. The van der Waals surface area contributed by atoms with Gasteiger partial charge in [0.25, 0.3) is 0 Å². The van der Waals surface area contributed by atoms with Crippen molar-refractivity contribution in [3.63, 3.8) is 0 Å². The molecule has 1 heterocycles. The van der Waals surface area contributed by atoms with Gasteiger partial charge in [0.1, 0.15) is 0 Å². The van der Waals surface area contributed by atoms with Gasteiger partial charge >= 0.3 is 0 Å². The van der Waals surface area contributed by atoms with Gasteiger partial charge < -0.3 is 0 Å². The van der Waals surface area contributed by atoms with Gasteiger partial charge in [0, 0.05) is 4.88 Å². The number of hydrogen-bond acceptors (Lipinski definition) is 1. The molecule has 1 radical (unpaired) electrons. The summed E-state index contributed by atoms with van der Waals surface area (Å²) in [7, 11) is 0. The average molecular weight is 151 g/mol. The molecule has 0 bridgehead atoms. The van der Waals surface area contributed by atoms with Crippen LogP contribution < -0.4 is 0 Å². The minimum atomic E-state index is 1.16. The van der Waals surface area contributed by atoms with Gasteiger partial charge in [-0.2, -0.15) is 0 Å². The van der Waals surface area contributed by atoms with Crippen LogP contribution >= 0.6 is 11.3 Å². The van der Waals surface area contributed by atoms with Crippen LogP contribution in [0.4, 0.5) is 0 Å². The number of allylic oxidation sites excluding steroid dienone is 2. The molecule has 0 spiro atoms. The molecular formula is C9H11S. The van der Waals surface area contributed by atoms with E-state index in [0.29, 0.717) is 0 Å². The number of rotatable bonds is 3. The highest BCUT2D eigenvalue weighted by Gasteiger charge is 1.89. The van der Waals surface area contributed by atoms with Crippen molar-refractivity contribution in [3.05, 3.63) is 34.5 Å². The molecule has 1 aromatic heterocycles. The molecule has 0 fully saturated rings. The lowest BCUT2D eigenvalue weighted by atomic mass is 10.2. The molecule has 1 heteroatoms. The predicted molar refractivity (Wildman–Crippen MR) is 46.3 cm³/mol. The molecule has 0 aliphatic heterocycles. The van der Waals surface area contributed by atoms with Gasteiger partial charge in [0.15, 0.2) is 0 Å². The molecule has 0 aliphatic rings. The van der Waals surface area contributed by atoms with Crippen LogP contribution in [-0.2, 0) is 6.42 Å². The van der Waals surface area contributed by atoms with Crippen molar-refractivity contribution in [2.45, 2.75) is 19.8 Å². The molecule has 0 unspecified atom stereocenters. The summed E-state index contributed by atoms with van der Waals surface area (Å²) in [6, 6.07) is 5.11. The zero-order chi connectivity index (χ0) is 7.23. The van der Waals surface area contributed by atoms with Crippen LogP contribution in [-0.4, -0.2) is 0 Å². The predicted octanol–water partition coefficient (Wildman–Crippen LogP) is 3.06. The molecule has 1 rings (SSSR count). The van der Waals surface area contributed by atoms with Gasteiger partial charge in [-0.3, -0.25) is 0 Å². The zero-order valence-corrected chi connectivity index (χ0v) is 6.95. The van der Waals surface area contributed by atoms with E-state index in [9.17, 15) is 0 Å². The zero-order valence-electron chi connectivity index (χ0n) is 6.13. The van der Waals surface area contributed by atoms with Crippen LogP contribution in [0.5, 0.6) is 0 Å². The van der Waals surface area contributed by atoms with E-state index in [1.165, 1.54) is 11.3 Å². The van der Waals surface area contributed by atoms with Crippen molar-refractivity contribution in [1.82, 2.24) is 0 Å². The third-order valence-corrected chi connectivity index (χ3v) is 2.19. The van der Waals surface area contributed by atoms with Crippen molar-refractivity contribution in [3.8, 4) is 0 Å². The molecule has 0 amide bonds. The summed E-state index contributed by atoms with van der Waals surface area (Å²) in [4.78, 5) is 1.43. The Hall–Kier alpha value is -0.560. The highest BCUT2D eigenvalue weighted by Crippen LogP contribution is 2.10. The third kappa shape index (κ3) is 2.36. The van der Waals surface area contributed by atoms with Crippen LogP contribution in [0.15, 0.2) is 23.6 Å². The summed E-state index contributed by atoms with van der Waals surface area (Å²) < 4.78 is 0. The third-order valence-electron chi connectivity index (χ3n) is 1.32. The monoisotopic (exact) mass is 151 g/mol. The summed E-state index contributed by atoms with van der Waals surface area (Å²) in [6.45, 7) is 2.06. The van der Waals surface area contributed by atoms with E-state index in [1.54, 1.807) is 11.3 Å². The molecule has 0 atom stereocenters. The molecule has 0 aliphatic carbocycles. The van der Waals surface area contributed by atoms with E-state index in [1.807, 2.05) is 5.38 Å². The Morgan fingerprint density at radius 1 is 1.70 bits per heavy atom. The Labute approximate surface area is 66.2 Å². The van der Waals surface area contributed by atoms with Gasteiger partial charge in [-0.1, -0.05) is 12.2 Å². The van der Waals surface area contributed by atoms with E-state index in [2.05, 4.69) is 31.2 Å². The smallest absolute Gasteiger partial charge is 0.00546 e. The summed E-state index contributed by atoms with van der Waals surface area (Å²) in [5.74, 6) is 0. The first kappa shape index (κ1) is 7.55. The maximum absolute atomic E-state index is 3.05. The fraction of sp³-hybridized carbons (Fsp3) is 0.333. The van der Waals surface area contributed by atoms with Crippen molar-refractivity contribution < 1.29 is 0 Å². The Morgan fingerprint density at radius 2 is 2.60 bits per heavy atom. The van der Waals surface area contributed by atoms with Gasteiger partial charge in [0.05, 0.1) is 0 Å². The molecule has 10 heavy (non-hydrogen) atoms. The SMILES string of the molecule is CC=CCCc1c[c]cs1. The van der Waals surface area contributed by atoms with E-state index in [4.69, 9.17) is 0 Å². The van der Waals surface area contributed by atoms with Gasteiger partial charge in [0.2, 0.25) is 0 Å². The fourth-order valence-electron chi connectivity index (χ4n) is 0.794. The standard InChI is InChI=1S/C9H11S/c1-2-3-4-6-9-7-5-8-10-9/h2-3,7-8H,4,6H2,1H3. The van der Waals surface area contributed by atoms with Crippen molar-refractivity contribution in [2.24, 2.45) is 0 Å². The first-order chi connectivity index (χ1) is 4.93. The highest BCUT2D eigenvalue weighted by atomic mass is 32.1. The average Bonchev–Trinajstić information content (AvgIpc) is 2.41. The Kier molecular flexibility index (Phi) is 3.23. The summed E-state index contributed by atoms with van der Waals surface area (Å²) in [5, 5.41) is 2.00. The Balaban J connectivity index is 2.28. The van der Waals surface area contributed by atoms with Crippen molar-refractivity contribution in [2.75, 3.05) is 0 Å². The van der Waals surface area contributed by atoms with Crippen LogP contribution in [0.3, 0.4) is 0 Å². The van der Waals surface area contributed by atoms with E-state index < -0.39 is 0 Å². The van der Waals surface area contributed by atoms with Crippen LogP contribution in [0, 0.1) is 6.07 Å². The van der Waals surface area contributed by atoms with E-state index >= 15 is 0 Å². The molecule has 0 saturated heterocycles. The molecule has 1 aromatic rings. The first-order valence-electron chi connectivity index (χ1n) is 3.48. The van der Waals surface area contributed by atoms with Crippen LogP contribution in [0.2, 0.25) is 0 Å². The van der Waals surface area contributed by atoms with Gasteiger partial charge in [-0.25, -0.2) is 0 Å². The lowest BCUT2D eigenvalue weighted by Gasteiger charge is -1.88. The maximum Gasteiger partial charge on any atom is 0.00546 e. The largest absolute Gasteiger partial charge is 0.148 e. The normalized spacial score (nSPS) is 10.9. The first-order valence-corrected chi connectivity index (χ1v) is 4.36. The number of hydrogen-bond donors (Lipinski definition) is 0. The van der Waals surface area contributed by atoms with E-state index in [-0.39, 0.29) is 0 Å². The maximum atomic E-state index is 3.05. The molecule has 0 saturated carbocycles. The molecular weight excluding hydrogens is 140 g/mol. The lowest BCUT2D eigenvalue weighted by Crippen LogP contribution is -1.74. The van der Waals surface area contributed by atoms with Crippen LogP contribution in [0.25, 0.3) is 0 Å². The van der Waals surface area contributed by atoms with Crippen molar-refractivity contribution >= 4 is 11.3 Å². The molecule has 0 nitrogen and oxygen atoms in total.